The molecule has 1 aromatic carbocycles. The molecule has 0 radical (unpaired) electrons. The fraction of sp³-hybridized carbons (Fsp3) is 0.667. The second-order valence-corrected chi connectivity index (χ2v) is 12.3. The van der Waals surface area contributed by atoms with Crippen LogP contribution in [0.25, 0.3) is 0 Å². The highest BCUT2D eigenvalue weighted by Crippen LogP contribution is 2.33. The Hall–Kier alpha value is -3.19. The lowest BCUT2D eigenvalue weighted by molar-refractivity contribution is -0.146. The number of hydrogen-bond donors (Lipinski definition) is 3. The van der Waals surface area contributed by atoms with E-state index in [1.807, 2.05) is 18.7 Å². The van der Waals surface area contributed by atoms with Gasteiger partial charge in [-0.3, -0.25) is 29.4 Å². The van der Waals surface area contributed by atoms with Gasteiger partial charge in [0.2, 0.25) is 23.6 Å². The molecular weight excluding hydrogens is 565 g/mol. The van der Waals surface area contributed by atoms with Gasteiger partial charge in [-0.15, -0.1) is 0 Å². The van der Waals surface area contributed by atoms with Gasteiger partial charge in [0.15, 0.2) is 0 Å². The van der Waals surface area contributed by atoms with Crippen LogP contribution in [0.15, 0.2) is 24.3 Å². The number of carbonyl (C=O) groups excluding carboxylic acids is 4. The summed E-state index contributed by atoms with van der Waals surface area (Å²) in [5, 5.41) is 8.96. The van der Waals surface area contributed by atoms with Crippen molar-refractivity contribution < 1.29 is 32.3 Å². The Labute approximate surface area is 250 Å². The van der Waals surface area contributed by atoms with Crippen molar-refractivity contribution in [3.63, 3.8) is 0 Å². The number of nitrogens with one attached hydrogen (secondary N) is 3. The van der Waals surface area contributed by atoms with E-state index in [0.29, 0.717) is 31.6 Å². The number of nitrogens with zero attached hydrogens (tertiary/aromatic N) is 3. The fourth-order valence-corrected chi connectivity index (χ4v) is 6.22. The van der Waals surface area contributed by atoms with Crippen LogP contribution < -0.4 is 16.0 Å². The summed E-state index contributed by atoms with van der Waals surface area (Å²) in [7, 11) is 0. The van der Waals surface area contributed by atoms with E-state index in [1.54, 1.807) is 6.92 Å². The van der Waals surface area contributed by atoms with Gasteiger partial charge in [0.25, 0.3) is 0 Å². The van der Waals surface area contributed by atoms with E-state index in [4.69, 9.17) is 0 Å². The predicted molar refractivity (Wildman–Crippen MR) is 153 cm³/mol. The molecule has 0 spiro atoms. The molecule has 1 saturated carbocycles. The summed E-state index contributed by atoms with van der Waals surface area (Å²) in [6.45, 7) is 8.75. The molecule has 4 rings (SSSR count). The Morgan fingerprint density at radius 3 is 2.30 bits per heavy atom. The molecule has 0 bridgehead atoms. The maximum Gasteiger partial charge on any atom is 0.416 e. The molecule has 3 aliphatic rings. The van der Waals surface area contributed by atoms with Crippen molar-refractivity contribution in [2.45, 2.75) is 70.8 Å². The van der Waals surface area contributed by atoms with Crippen LogP contribution in [0.1, 0.15) is 63.6 Å². The quantitative estimate of drug-likeness (QED) is 0.396. The smallest absolute Gasteiger partial charge is 0.356 e. The van der Waals surface area contributed by atoms with Crippen LogP contribution in [0.4, 0.5) is 13.2 Å². The van der Waals surface area contributed by atoms with Gasteiger partial charge < -0.3 is 20.4 Å². The Morgan fingerprint density at radius 2 is 1.70 bits per heavy atom. The van der Waals surface area contributed by atoms with Gasteiger partial charge in [0.1, 0.15) is 6.54 Å². The Kier molecular flexibility index (Phi) is 10.7. The largest absolute Gasteiger partial charge is 0.416 e. The minimum Gasteiger partial charge on any atom is -0.356 e. The standard InChI is InChI=1S/C30H43F3N6O4/c1-19(2)16-34-27(41)15-26(21-4-6-22(7-5-21)30(31,32)33)36-28(42)17-39-18-35-25-9-8-23(14-24(25)29(39)43)38-12-10-37(11-13-38)20(3)40/h4-7,19,23-26,35H,8-18H2,1-3H3,(H,34,41)(H,36,42). The minimum absolute atomic E-state index is 0.0334. The zero-order valence-corrected chi connectivity index (χ0v) is 25.1. The van der Waals surface area contributed by atoms with E-state index < -0.39 is 23.7 Å². The first-order valence-electron chi connectivity index (χ1n) is 15.1. The highest BCUT2D eigenvalue weighted by molar-refractivity contribution is 5.87. The number of fused-ring (bicyclic) bond motifs is 1. The van der Waals surface area contributed by atoms with Crippen LogP contribution in [0, 0.1) is 11.8 Å². The molecule has 2 heterocycles. The highest BCUT2D eigenvalue weighted by atomic mass is 19.4. The summed E-state index contributed by atoms with van der Waals surface area (Å²) in [5.74, 6) is -0.946. The van der Waals surface area contributed by atoms with E-state index in [0.717, 1.165) is 38.1 Å². The fourth-order valence-electron chi connectivity index (χ4n) is 6.22. The zero-order valence-electron chi connectivity index (χ0n) is 25.1. The van der Waals surface area contributed by atoms with E-state index in [1.165, 1.54) is 17.0 Å². The van der Waals surface area contributed by atoms with Gasteiger partial charge in [-0.2, -0.15) is 13.2 Å². The summed E-state index contributed by atoms with van der Waals surface area (Å²) in [4.78, 5) is 56.7. The Balaban J connectivity index is 1.38. The van der Waals surface area contributed by atoms with E-state index in [2.05, 4.69) is 20.9 Å². The number of amides is 4. The molecule has 3 N–H and O–H groups in total. The van der Waals surface area contributed by atoms with Crippen molar-refractivity contribution in [2.24, 2.45) is 11.8 Å². The third-order valence-electron chi connectivity index (χ3n) is 8.68. The lowest BCUT2D eigenvalue weighted by Crippen LogP contribution is -2.62. The molecule has 13 heteroatoms. The molecule has 3 fully saturated rings. The van der Waals surface area contributed by atoms with E-state index >= 15 is 0 Å². The predicted octanol–water partition coefficient (Wildman–Crippen LogP) is 2.12. The van der Waals surface area contributed by atoms with Crippen molar-refractivity contribution in [2.75, 3.05) is 45.9 Å². The normalized spacial score (nSPS) is 24.0. The first kappa shape index (κ1) is 32.7. The maximum absolute atomic E-state index is 13.5. The van der Waals surface area contributed by atoms with E-state index in [-0.39, 0.29) is 61.3 Å². The average Bonchev–Trinajstić information content (AvgIpc) is 2.97. The monoisotopic (exact) mass is 608 g/mol. The molecule has 0 aromatic heterocycles. The van der Waals surface area contributed by atoms with Gasteiger partial charge in [-0.05, 0) is 42.9 Å². The molecular formula is C30H43F3N6O4. The molecule has 2 saturated heterocycles. The van der Waals surface area contributed by atoms with Crippen molar-refractivity contribution >= 4 is 23.6 Å². The summed E-state index contributed by atoms with van der Waals surface area (Å²) >= 11 is 0. The van der Waals surface area contributed by atoms with Crippen molar-refractivity contribution in [3.05, 3.63) is 35.4 Å². The summed E-state index contributed by atoms with van der Waals surface area (Å²) < 4.78 is 39.3. The maximum atomic E-state index is 13.5. The molecule has 2 aliphatic heterocycles. The van der Waals surface area contributed by atoms with Crippen molar-refractivity contribution in [1.82, 2.24) is 30.7 Å². The van der Waals surface area contributed by atoms with Gasteiger partial charge >= 0.3 is 6.18 Å². The average molecular weight is 609 g/mol. The molecule has 43 heavy (non-hydrogen) atoms. The molecule has 4 unspecified atom stereocenters. The Morgan fingerprint density at radius 1 is 1.02 bits per heavy atom. The third-order valence-corrected chi connectivity index (χ3v) is 8.68. The zero-order chi connectivity index (χ0) is 31.3. The van der Waals surface area contributed by atoms with Crippen LogP contribution >= 0.6 is 0 Å². The van der Waals surface area contributed by atoms with Crippen LogP contribution in [0.3, 0.4) is 0 Å². The van der Waals surface area contributed by atoms with Gasteiger partial charge in [0.05, 0.1) is 30.6 Å². The lowest BCUT2D eigenvalue weighted by Gasteiger charge is -2.47. The third kappa shape index (κ3) is 8.69. The number of rotatable bonds is 9. The van der Waals surface area contributed by atoms with Crippen LogP contribution in [0.5, 0.6) is 0 Å². The number of halogens is 3. The summed E-state index contributed by atoms with van der Waals surface area (Å²) in [6.07, 6.45) is -2.20. The molecule has 1 aliphatic carbocycles. The summed E-state index contributed by atoms with van der Waals surface area (Å²) in [5.41, 5.74) is -0.458. The van der Waals surface area contributed by atoms with E-state index in [9.17, 15) is 32.3 Å². The molecule has 238 valence electrons. The van der Waals surface area contributed by atoms with Crippen LogP contribution in [-0.2, 0) is 25.4 Å². The lowest BCUT2D eigenvalue weighted by atomic mass is 9.79. The number of hydrogen-bond acceptors (Lipinski definition) is 6. The molecule has 10 nitrogen and oxygen atoms in total. The molecule has 1 aromatic rings. The first-order valence-corrected chi connectivity index (χ1v) is 15.1. The molecule has 4 amide bonds. The van der Waals surface area contributed by atoms with Crippen LogP contribution in [-0.4, -0.2) is 96.3 Å². The second kappa shape index (κ2) is 14.1. The Bertz CT molecular complexity index is 1150. The van der Waals surface area contributed by atoms with Gasteiger partial charge in [-0.1, -0.05) is 26.0 Å². The van der Waals surface area contributed by atoms with Crippen LogP contribution in [0.2, 0.25) is 0 Å². The van der Waals surface area contributed by atoms with Crippen molar-refractivity contribution in [1.29, 1.82) is 0 Å². The number of carbonyl (C=O) groups is 4. The second-order valence-electron chi connectivity index (χ2n) is 12.3. The summed E-state index contributed by atoms with van der Waals surface area (Å²) in [6, 6.07) is 3.78. The molecule has 4 atom stereocenters. The minimum atomic E-state index is -4.51. The topological polar surface area (TPSA) is 114 Å². The first-order chi connectivity index (χ1) is 20.3. The number of benzene rings is 1. The SMILES string of the molecule is CC(=O)N1CCN(C2CCC3NCN(CC(=O)NC(CC(=O)NCC(C)C)c4ccc(C(F)(F)F)cc4)C(=O)C3C2)CC1. The highest BCUT2D eigenvalue weighted by Gasteiger charge is 2.43. The van der Waals surface area contributed by atoms with Gasteiger partial charge in [-0.25, -0.2) is 0 Å². The van der Waals surface area contributed by atoms with Gasteiger partial charge in [0, 0.05) is 51.7 Å². The van der Waals surface area contributed by atoms with Crippen molar-refractivity contribution in [3.8, 4) is 0 Å². The number of piperazine rings is 1. The number of alkyl halides is 3.